The van der Waals surface area contributed by atoms with Crippen molar-refractivity contribution in [3.8, 4) is 0 Å². The lowest BCUT2D eigenvalue weighted by Gasteiger charge is -2.61. The van der Waals surface area contributed by atoms with E-state index in [2.05, 4.69) is 47.7 Å². The van der Waals surface area contributed by atoms with Gasteiger partial charge in [0.25, 0.3) is 0 Å². The minimum atomic E-state index is -1.69. The van der Waals surface area contributed by atoms with E-state index in [0.717, 1.165) is 30.1 Å². The molecule has 0 radical (unpaired) electrons. The van der Waals surface area contributed by atoms with E-state index in [1.165, 1.54) is 51.4 Å². The van der Waals surface area contributed by atoms with Crippen molar-refractivity contribution in [3.05, 3.63) is 0 Å². The maximum atomic E-state index is 12.4. The standard InChI is InChI=1S/C27H48O2Si/c1-18(28)22-11-12-23-21-10-9-19-17-20(29-30(7,8)25(2,3)4)13-15-26(19,5)24(21)14-16-27(22,23)6/h19-24H,9-17H2,1-8H3/t19?,20-,21+,22-,23+,24+,26+,27-/m1/s1. The maximum Gasteiger partial charge on any atom is 0.192 e. The van der Waals surface area contributed by atoms with Gasteiger partial charge in [-0.25, -0.2) is 0 Å². The van der Waals surface area contributed by atoms with Gasteiger partial charge in [0.2, 0.25) is 0 Å². The van der Waals surface area contributed by atoms with Crippen LogP contribution in [-0.2, 0) is 9.22 Å². The third-order valence-electron chi connectivity index (χ3n) is 11.4. The maximum absolute atomic E-state index is 12.4. The molecular weight excluding hydrogens is 384 g/mol. The fourth-order valence-corrected chi connectivity index (χ4v) is 9.99. The molecule has 0 spiro atoms. The second-order valence-electron chi connectivity index (χ2n) is 13.7. The van der Waals surface area contributed by atoms with Crippen molar-refractivity contribution >= 4 is 14.1 Å². The molecule has 0 aromatic rings. The van der Waals surface area contributed by atoms with E-state index >= 15 is 0 Å². The predicted octanol–water partition coefficient (Wildman–Crippen LogP) is 7.62. The molecule has 4 rings (SSSR count). The molecule has 4 fully saturated rings. The van der Waals surface area contributed by atoms with Gasteiger partial charge in [0.15, 0.2) is 8.32 Å². The van der Waals surface area contributed by atoms with Gasteiger partial charge in [-0.05, 0) is 117 Å². The normalized spacial score (nSPS) is 46.7. The Bertz CT molecular complexity index is 679. The molecule has 4 saturated carbocycles. The lowest BCUT2D eigenvalue weighted by molar-refractivity contribution is -0.137. The zero-order chi connectivity index (χ0) is 22.1. The monoisotopic (exact) mass is 432 g/mol. The second kappa shape index (κ2) is 7.44. The number of ketones is 1. The van der Waals surface area contributed by atoms with E-state index in [4.69, 9.17) is 4.43 Å². The van der Waals surface area contributed by atoms with Gasteiger partial charge >= 0.3 is 0 Å². The first kappa shape index (κ1) is 23.0. The molecule has 0 aromatic carbocycles. The van der Waals surface area contributed by atoms with Crippen molar-refractivity contribution in [2.75, 3.05) is 0 Å². The van der Waals surface area contributed by atoms with Crippen molar-refractivity contribution in [2.45, 2.75) is 124 Å². The number of Topliss-reactive ketones (excluding diaryl/α,β-unsaturated/α-hetero) is 1. The molecule has 0 bridgehead atoms. The zero-order valence-electron chi connectivity index (χ0n) is 21.1. The average molecular weight is 433 g/mol. The minimum absolute atomic E-state index is 0.291. The number of fused-ring (bicyclic) bond motifs is 5. The van der Waals surface area contributed by atoms with Crippen LogP contribution >= 0.6 is 0 Å². The number of hydrogen-bond acceptors (Lipinski definition) is 2. The van der Waals surface area contributed by atoms with Gasteiger partial charge in [-0.3, -0.25) is 4.79 Å². The largest absolute Gasteiger partial charge is 0.414 e. The molecular formula is C27H48O2Si. The molecule has 2 nitrogen and oxygen atoms in total. The van der Waals surface area contributed by atoms with Gasteiger partial charge in [-0.2, -0.15) is 0 Å². The molecule has 8 atom stereocenters. The Labute approximate surface area is 187 Å². The van der Waals surface area contributed by atoms with Gasteiger partial charge in [0, 0.05) is 12.0 Å². The highest BCUT2D eigenvalue weighted by molar-refractivity contribution is 6.74. The third kappa shape index (κ3) is 3.49. The highest BCUT2D eigenvalue weighted by atomic mass is 28.4. The molecule has 0 saturated heterocycles. The summed E-state index contributed by atoms with van der Waals surface area (Å²) in [5.74, 6) is 4.19. The summed E-state index contributed by atoms with van der Waals surface area (Å²) in [5, 5.41) is 0.301. The second-order valence-corrected chi connectivity index (χ2v) is 18.5. The summed E-state index contributed by atoms with van der Waals surface area (Å²) in [5.41, 5.74) is 0.796. The molecule has 1 unspecified atom stereocenters. The molecule has 4 aliphatic rings. The van der Waals surface area contributed by atoms with Crippen LogP contribution in [0.5, 0.6) is 0 Å². The summed E-state index contributed by atoms with van der Waals surface area (Å²) < 4.78 is 6.90. The SMILES string of the molecule is CC(=O)[C@H]1CC[C@H]2[C@@H]3CCC4C[C@H](O[Si](C)(C)C(C)(C)C)CC[C@]4(C)[C@H]3CC[C@]12C. The molecule has 0 aromatic heterocycles. The summed E-state index contributed by atoms with van der Waals surface area (Å²) in [4.78, 5) is 12.4. The Morgan fingerprint density at radius 2 is 1.53 bits per heavy atom. The van der Waals surface area contributed by atoms with Crippen LogP contribution in [0.25, 0.3) is 0 Å². The van der Waals surface area contributed by atoms with Gasteiger partial charge in [0.1, 0.15) is 5.78 Å². The summed E-state index contributed by atoms with van der Waals surface area (Å²) in [6, 6.07) is 0. The molecule has 0 aliphatic heterocycles. The van der Waals surface area contributed by atoms with Gasteiger partial charge < -0.3 is 4.43 Å². The van der Waals surface area contributed by atoms with Crippen LogP contribution in [0, 0.1) is 40.4 Å². The lowest BCUT2D eigenvalue weighted by atomic mass is 9.44. The van der Waals surface area contributed by atoms with Crippen LogP contribution in [0.15, 0.2) is 0 Å². The smallest absolute Gasteiger partial charge is 0.192 e. The van der Waals surface area contributed by atoms with Crippen LogP contribution in [0.1, 0.15) is 99.3 Å². The highest BCUT2D eigenvalue weighted by Crippen LogP contribution is 2.67. The van der Waals surface area contributed by atoms with E-state index in [-0.39, 0.29) is 0 Å². The number of carbonyl (C=O) groups excluding carboxylic acids is 1. The Balaban J connectivity index is 1.48. The molecule has 0 amide bonds. The van der Waals surface area contributed by atoms with Crippen LogP contribution in [0.3, 0.4) is 0 Å². The first-order valence-electron chi connectivity index (χ1n) is 13.0. The molecule has 30 heavy (non-hydrogen) atoms. The van der Waals surface area contributed by atoms with Gasteiger partial charge in [0.05, 0.1) is 0 Å². The molecule has 0 heterocycles. The van der Waals surface area contributed by atoms with E-state index in [0.29, 0.717) is 33.7 Å². The summed E-state index contributed by atoms with van der Waals surface area (Å²) in [6.45, 7) is 18.9. The predicted molar refractivity (Wildman–Crippen MR) is 128 cm³/mol. The number of carbonyl (C=O) groups is 1. The Kier molecular flexibility index (Phi) is 5.71. The van der Waals surface area contributed by atoms with Crippen molar-refractivity contribution in [1.29, 1.82) is 0 Å². The molecule has 4 aliphatic carbocycles. The Hall–Kier alpha value is -0.153. The fraction of sp³-hybridized carbons (Fsp3) is 0.963. The summed E-state index contributed by atoms with van der Waals surface area (Å²) >= 11 is 0. The Morgan fingerprint density at radius 1 is 0.900 bits per heavy atom. The van der Waals surface area contributed by atoms with Gasteiger partial charge in [-0.1, -0.05) is 34.6 Å². The van der Waals surface area contributed by atoms with Crippen LogP contribution in [0.4, 0.5) is 0 Å². The van der Waals surface area contributed by atoms with Crippen LogP contribution < -0.4 is 0 Å². The lowest BCUT2D eigenvalue weighted by Crippen LogP contribution is -2.55. The third-order valence-corrected chi connectivity index (χ3v) is 15.9. The first-order chi connectivity index (χ1) is 13.8. The number of hydrogen-bond donors (Lipinski definition) is 0. The minimum Gasteiger partial charge on any atom is -0.414 e. The summed E-state index contributed by atoms with van der Waals surface area (Å²) in [7, 11) is -1.69. The van der Waals surface area contributed by atoms with E-state index < -0.39 is 8.32 Å². The topological polar surface area (TPSA) is 26.3 Å². The van der Waals surface area contributed by atoms with Crippen LogP contribution in [0.2, 0.25) is 18.1 Å². The van der Waals surface area contributed by atoms with E-state index in [1.807, 2.05) is 6.92 Å². The Morgan fingerprint density at radius 3 is 2.17 bits per heavy atom. The van der Waals surface area contributed by atoms with Gasteiger partial charge in [-0.15, -0.1) is 0 Å². The highest BCUT2D eigenvalue weighted by Gasteiger charge is 2.61. The van der Waals surface area contributed by atoms with Crippen molar-refractivity contribution in [2.24, 2.45) is 40.4 Å². The molecule has 0 N–H and O–H groups in total. The summed E-state index contributed by atoms with van der Waals surface area (Å²) in [6.07, 6.45) is 12.3. The zero-order valence-corrected chi connectivity index (χ0v) is 22.1. The average Bonchev–Trinajstić information content (AvgIpc) is 2.98. The van der Waals surface area contributed by atoms with E-state index in [9.17, 15) is 4.79 Å². The first-order valence-corrected chi connectivity index (χ1v) is 15.9. The van der Waals surface area contributed by atoms with Crippen molar-refractivity contribution in [1.82, 2.24) is 0 Å². The van der Waals surface area contributed by atoms with Crippen LogP contribution in [-0.4, -0.2) is 20.2 Å². The van der Waals surface area contributed by atoms with E-state index in [1.54, 1.807) is 0 Å². The fourth-order valence-electron chi connectivity index (χ4n) is 8.59. The van der Waals surface area contributed by atoms with Crippen molar-refractivity contribution < 1.29 is 9.22 Å². The molecule has 172 valence electrons. The number of rotatable bonds is 3. The molecule has 3 heteroatoms. The van der Waals surface area contributed by atoms with Crippen molar-refractivity contribution in [3.63, 3.8) is 0 Å². The quantitative estimate of drug-likeness (QED) is 0.429.